The van der Waals surface area contributed by atoms with Crippen LogP contribution < -0.4 is 5.84 Å². The Hall–Kier alpha value is -3.57. The Morgan fingerprint density at radius 1 is 1.13 bits per heavy atom. The van der Waals surface area contributed by atoms with Gasteiger partial charge < -0.3 is 0 Å². The number of aromatic nitrogens is 4. The minimum atomic E-state index is -4.50. The Morgan fingerprint density at radius 2 is 1.94 bits per heavy atom. The normalized spacial score (nSPS) is 12.1. The summed E-state index contributed by atoms with van der Waals surface area (Å²) in [7, 11) is 0. The topological polar surface area (TPSA) is 101 Å². The number of H-pyrrole nitrogens is 1. The first kappa shape index (κ1) is 19.4. The molecule has 156 valence electrons. The molecule has 3 heterocycles. The highest BCUT2D eigenvalue weighted by molar-refractivity contribution is 7.18. The maximum Gasteiger partial charge on any atom is 0.443 e. The number of carbonyl (C=O) groups is 1. The number of aromatic amines is 1. The van der Waals surface area contributed by atoms with Gasteiger partial charge in [0.05, 0.1) is 34.0 Å². The van der Waals surface area contributed by atoms with Crippen LogP contribution in [0, 0.1) is 0 Å². The quantitative estimate of drug-likeness (QED) is 0.247. The van der Waals surface area contributed by atoms with Crippen molar-refractivity contribution < 1.29 is 18.0 Å². The number of carbonyl (C=O) groups excluding carboxylic acids is 1. The number of nitrogens with two attached hydrogens (primary N) is 1. The zero-order valence-electron chi connectivity index (χ0n) is 15.6. The fourth-order valence-electron chi connectivity index (χ4n) is 3.35. The van der Waals surface area contributed by atoms with Crippen molar-refractivity contribution in [2.45, 2.75) is 12.7 Å². The van der Waals surface area contributed by atoms with Crippen LogP contribution in [0.1, 0.15) is 20.9 Å². The largest absolute Gasteiger partial charge is 0.443 e. The number of alkyl halides is 3. The predicted molar refractivity (Wildman–Crippen MR) is 110 cm³/mol. The van der Waals surface area contributed by atoms with Gasteiger partial charge in [0.1, 0.15) is 0 Å². The summed E-state index contributed by atoms with van der Waals surface area (Å²) in [5, 5.41) is 8.56. The summed E-state index contributed by atoms with van der Waals surface area (Å²) in [6.07, 6.45) is -1.16. The Balaban J connectivity index is 1.42. The minimum absolute atomic E-state index is 0.0264. The Morgan fingerprint density at radius 3 is 2.74 bits per heavy atom. The molecule has 0 saturated carbocycles. The van der Waals surface area contributed by atoms with Crippen LogP contribution in [-0.4, -0.2) is 31.1 Å². The molecule has 0 radical (unpaired) electrons. The van der Waals surface area contributed by atoms with Crippen molar-refractivity contribution in [1.82, 2.24) is 25.2 Å². The van der Waals surface area contributed by atoms with Crippen LogP contribution in [0.25, 0.3) is 32.0 Å². The zero-order valence-corrected chi connectivity index (χ0v) is 16.5. The number of hydrogen-bond acceptors (Lipinski definition) is 6. The van der Waals surface area contributed by atoms with E-state index < -0.39 is 17.1 Å². The number of halogens is 3. The second-order valence-corrected chi connectivity index (χ2v) is 7.97. The van der Waals surface area contributed by atoms with Crippen molar-refractivity contribution in [3.05, 3.63) is 64.9 Å². The van der Waals surface area contributed by atoms with Gasteiger partial charge in [0.2, 0.25) is 0 Å². The van der Waals surface area contributed by atoms with Crippen molar-refractivity contribution in [2.24, 2.45) is 5.84 Å². The van der Waals surface area contributed by atoms with E-state index in [1.54, 1.807) is 42.7 Å². The molecule has 2 aromatic carbocycles. The second kappa shape index (κ2) is 7.00. The fourth-order valence-corrected chi connectivity index (χ4v) is 4.25. The summed E-state index contributed by atoms with van der Waals surface area (Å²) in [6, 6.07) is 9.69. The van der Waals surface area contributed by atoms with Crippen molar-refractivity contribution in [1.29, 1.82) is 0 Å². The highest BCUT2D eigenvalue weighted by atomic mass is 32.1. The van der Waals surface area contributed by atoms with E-state index in [4.69, 9.17) is 5.84 Å². The summed E-state index contributed by atoms with van der Waals surface area (Å²) < 4.78 is 39.0. The van der Waals surface area contributed by atoms with Crippen LogP contribution in [0.15, 0.2) is 48.8 Å². The third kappa shape index (κ3) is 3.47. The zero-order chi connectivity index (χ0) is 21.8. The molecule has 0 fully saturated rings. The van der Waals surface area contributed by atoms with E-state index in [9.17, 15) is 18.0 Å². The molecule has 0 aliphatic heterocycles. The van der Waals surface area contributed by atoms with Gasteiger partial charge in [0.25, 0.3) is 5.91 Å². The number of benzene rings is 2. The van der Waals surface area contributed by atoms with E-state index in [-0.39, 0.29) is 12.1 Å². The molecule has 3 N–H and O–H groups in total. The number of nitrogens with one attached hydrogen (secondary N) is 1. The first-order valence-electron chi connectivity index (χ1n) is 9.05. The maximum absolute atomic E-state index is 12.9. The van der Waals surface area contributed by atoms with E-state index in [0.717, 1.165) is 21.3 Å². The molecule has 31 heavy (non-hydrogen) atoms. The number of rotatable bonds is 3. The summed E-state index contributed by atoms with van der Waals surface area (Å²) in [5.74, 6) is 5.56. The average Bonchev–Trinajstić information content (AvgIpc) is 3.39. The van der Waals surface area contributed by atoms with Gasteiger partial charge in [0.15, 0.2) is 5.01 Å². The Labute approximate surface area is 176 Å². The molecule has 0 aliphatic rings. The maximum atomic E-state index is 12.9. The molecule has 1 amide bonds. The molecule has 5 rings (SSSR count). The molecule has 0 aliphatic carbocycles. The highest BCUT2D eigenvalue weighted by Gasteiger charge is 2.34. The van der Waals surface area contributed by atoms with Crippen LogP contribution in [0.5, 0.6) is 0 Å². The van der Waals surface area contributed by atoms with Gasteiger partial charge in [-0.1, -0.05) is 6.07 Å². The molecule has 3 aromatic heterocycles. The lowest BCUT2D eigenvalue weighted by atomic mass is 10.1. The van der Waals surface area contributed by atoms with Crippen LogP contribution >= 0.6 is 11.3 Å². The van der Waals surface area contributed by atoms with Crippen LogP contribution in [0.3, 0.4) is 0 Å². The average molecular weight is 442 g/mol. The molecule has 0 atom stereocenters. The number of nitrogens with zero attached hydrogens (tertiary/aromatic N) is 4. The molecular formula is C20H13F3N6OS. The van der Waals surface area contributed by atoms with Gasteiger partial charge in [-0.05, 0) is 35.9 Å². The molecule has 11 heteroatoms. The van der Waals surface area contributed by atoms with E-state index in [1.807, 2.05) is 0 Å². The van der Waals surface area contributed by atoms with E-state index in [2.05, 4.69) is 20.2 Å². The first-order valence-corrected chi connectivity index (χ1v) is 9.86. The number of amides is 1. The number of hydrogen-bond donors (Lipinski definition) is 2. The summed E-state index contributed by atoms with van der Waals surface area (Å²) in [6.45, 7) is 0.0264. The smallest absolute Gasteiger partial charge is 0.277 e. The molecule has 0 bridgehead atoms. The van der Waals surface area contributed by atoms with Crippen molar-refractivity contribution in [2.75, 3.05) is 0 Å². The van der Waals surface area contributed by atoms with Gasteiger partial charge in [-0.25, -0.2) is 10.8 Å². The molecule has 0 spiro atoms. The number of fused-ring (bicyclic) bond motifs is 4. The van der Waals surface area contributed by atoms with Crippen LogP contribution in [0.4, 0.5) is 13.2 Å². The molecular weight excluding hydrogens is 429 g/mol. The van der Waals surface area contributed by atoms with Crippen molar-refractivity contribution >= 4 is 49.3 Å². The van der Waals surface area contributed by atoms with Gasteiger partial charge in [0, 0.05) is 22.5 Å². The van der Waals surface area contributed by atoms with Crippen molar-refractivity contribution in [3.8, 4) is 0 Å². The van der Waals surface area contributed by atoms with Crippen LogP contribution in [0.2, 0.25) is 0 Å². The number of thiazole rings is 1. The fraction of sp³-hybridized carbons (Fsp3) is 0.100. The Bertz CT molecular complexity index is 1460. The molecule has 7 nitrogen and oxygen atoms in total. The standard InChI is InChI=1S/C20H13F3N6OS/c21-20(22,23)19-27-15-3-1-10(5-16(15)31-19)9-29(24)18(30)11-2-4-14-13(6-11)17-12(7-25-14)8-26-28-17/h1-8H,9,24H2,(H,26,28). The lowest BCUT2D eigenvalue weighted by Crippen LogP contribution is -2.36. The third-order valence-corrected chi connectivity index (χ3v) is 5.90. The SMILES string of the molecule is NN(Cc1ccc2nc(C(F)(F)F)sc2c1)C(=O)c1ccc2ncc3cn[nH]c3c2c1. The summed E-state index contributed by atoms with van der Waals surface area (Å²) in [5.41, 5.74) is 2.67. The van der Waals surface area contributed by atoms with E-state index in [0.29, 0.717) is 32.7 Å². The first-order chi connectivity index (χ1) is 14.8. The van der Waals surface area contributed by atoms with Gasteiger partial charge in [-0.2, -0.15) is 18.3 Å². The second-order valence-electron chi connectivity index (χ2n) is 6.94. The summed E-state index contributed by atoms with van der Waals surface area (Å²) >= 11 is 0.557. The third-order valence-electron chi connectivity index (χ3n) is 4.83. The number of hydrazine groups is 1. The van der Waals surface area contributed by atoms with Gasteiger partial charge in [-0.15, -0.1) is 11.3 Å². The van der Waals surface area contributed by atoms with Crippen molar-refractivity contribution in [3.63, 3.8) is 0 Å². The van der Waals surface area contributed by atoms with E-state index >= 15 is 0 Å². The minimum Gasteiger partial charge on any atom is -0.277 e. The summed E-state index contributed by atoms with van der Waals surface area (Å²) in [4.78, 5) is 20.8. The highest BCUT2D eigenvalue weighted by Crippen LogP contribution is 2.35. The van der Waals surface area contributed by atoms with Crippen LogP contribution in [-0.2, 0) is 12.7 Å². The van der Waals surface area contributed by atoms with Gasteiger partial charge in [-0.3, -0.25) is 19.9 Å². The number of pyridine rings is 1. The molecule has 5 aromatic rings. The molecule has 0 unspecified atom stereocenters. The van der Waals surface area contributed by atoms with E-state index in [1.165, 1.54) is 6.07 Å². The Kier molecular flexibility index (Phi) is 4.38. The lowest BCUT2D eigenvalue weighted by molar-refractivity contribution is -0.137. The lowest BCUT2D eigenvalue weighted by Gasteiger charge is -2.17. The predicted octanol–water partition coefficient (Wildman–Crippen LogP) is 4.26. The molecule has 0 saturated heterocycles. The monoisotopic (exact) mass is 442 g/mol. The van der Waals surface area contributed by atoms with Gasteiger partial charge >= 0.3 is 6.18 Å².